The molecule has 1 aromatic rings. The molecular weight excluding hydrogens is 345 g/mol. The van der Waals surface area contributed by atoms with Crippen LogP contribution in [0.15, 0.2) is 6.07 Å². The van der Waals surface area contributed by atoms with Crippen molar-refractivity contribution in [1.29, 1.82) is 0 Å². The molecule has 0 aromatic heterocycles. The molecule has 136 valence electrons. The van der Waals surface area contributed by atoms with Crippen LogP contribution in [-0.2, 0) is 23.8 Å². The number of aryl methyl sites for hydroxylation is 2. The summed E-state index contributed by atoms with van der Waals surface area (Å²) in [5, 5.41) is 10.2. The number of aromatic hydroxyl groups is 1. The first-order valence-corrected chi connectivity index (χ1v) is 8.40. The number of esters is 1. The van der Waals surface area contributed by atoms with Gasteiger partial charge in [-0.15, -0.1) is 11.6 Å². The summed E-state index contributed by atoms with van der Waals surface area (Å²) >= 11 is 5.60. The Balaban J connectivity index is 3.26. The van der Waals surface area contributed by atoms with Crippen molar-refractivity contribution in [3.8, 4) is 5.75 Å². The topological polar surface area (TPSA) is 46.5 Å². The Hall–Kier alpha value is -1.43. The number of hydrogen-bond acceptors (Lipinski definition) is 3. The number of alkyl halides is 4. The van der Waals surface area contributed by atoms with Crippen molar-refractivity contribution in [2.24, 2.45) is 0 Å². The number of phenols is 1. The summed E-state index contributed by atoms with van der Waals surface area (Å²) < 4.78 is 44.5. The summed E-state index contributed by atoms with van der Waals surface area (Å²) in [5.41, 5.74) is -1.58. The molecule has 0 aliphatic rings. The third-order valence-corrected chi connectivity index (χ3v) is 4.11. The summed E-state index contributed by atoms with van der Waals surface area (Å²) in [7, 11) is 0.992. The van der Waals surface area contributed by atoms with Crippen LogP contribution >= 0.6 is 11.6 Å². The molecule has 0 heterocycles. The van der Waals surface area contributed by atoms with E-state index in [1.807, 2.05) is 0 Å². The molecule has 0 atom stereocenters. The Morgan fingerprint density at radius 1 is 1.21 bits per heavy atom. The lowest BCUT2D eigenvalue weighted by Gasteiger charge is -2.19. The van der Waals surface area contributed by atoms with Crippen LogP contribution in [0, 0.1) is 0 Å². The minimum Gasteiger partial charge on any atom is -0.507 e. The quantitative estimate of drug-likeness (QED) is 0.395. The van der Waals surface area contributed by atoms with Crippen LogP contribution < -0.4 is 0 Å². The van der Waals surface area contributed by atoms with Gasteiger partial charge in [0.1, 0.15) is 11.3 Å². The lowest BCUT2D eigenvalue weighted by Crippen LogP contribution is -2.18. The van der Waals surface area contributed by atoms with Crippen molar-refractivity contribution >= 4 is 17.6 Å². The Morgan fingerprint density at radius 3 is 2.33 bits per heavy atom. The molecule has 0 aliphatic heterocycles. The fourth-order valence-corrected chi connectivity index (χ4v) is 2.84. The van der Waals surface area contributed by atoms with E-state index in [4.69, 9.17) is 11.6 Å². The maximum atomic E-state index is 13.4. The van der Waals surface area contributed by atoms with E-state index in [1.165, 1.54) is 6.07 Å². The first kappa shape index (κ1) is 20.6. The van der Waals surface area contributed by atoms with Crippen LogP contribution in [-0.4, -0.2) is 24.1 Å². The van der Waals surface area contributed by atoms with Crippen molar-refractivity contribution in [3.63, 3.8) is 0 Å². The molecule has 0 amide bonds. The van der Waals surface area contributed by atoms with Crippen molar-refractivity contribution in [2.45, 2.75) is 51.6 Å². The van der Waals surface area contributed by atoms with Crippen LogP contribution in [0.3, 0.4) is 0 Å². The van der Waals surface area contributed by atoms with Gasteiger partial charge in [0.05, 0.1) is 12.7 Å². The second-order valence-electron chi connectivity index (χ2n) is 5.49. The first-order chi connectivity index (χ1) is 11.3. The second kappa shape index (κ2) is 9.16. The summed E-state index contributed by atoms with van der Waals surface area (Å²) in [6.45, 7) is 1.58. The molecule has 7 heteroatoms. The molecule has 0 radical (unpaired) electrons. The molecule has 0 aliphatic carbocycles. The highest BCUT2D eigenvalue weighted by molar-refractivity contribution is 6.17. The Bertz CT molecular complexity index is 571. The number of halogens is 4. The zero-order valence-corrected chi connectivity index (χ0v) is 14.6. The van der Waals surface area contributed by atoms with Crippen molar-refractivity contribution < 1.29 is 27.8 Å². The van der Waals surface area contributed by atoms with E-state index in [0.717, 1.165) is 26.4 Å². The van der Waals surface area contributed by atoms with E-state index in [2.05, 4.69) is 4.74 Å². The van der Waals surface area contributed by atoms with Gasteiger partial charge in [-0.1, -0.05) is 25.8 Å². The van der Waals surface area contributed by atoms with E-state index in [0.29, 0.717) is 24.3 Å². The Morgan fingerprint density at radius 2 is 1.83 bits per heavy atom. The Kier molecular flexibility index (Phi) is 7.87. The van der Waals surface area contributed by atoms with E-state index < -0.39 is 29.0 Å². The average molecular weight is 367 g/mol. The van der Waals surface area contributed by atoms with Crippen LogP contribution in [0.5, 0.6) is 5.75 Å². The molecule has 0 saturated carbocycles. The van der Waals surface area contributed by atoms with Crippen molar-refractivity contribution in [2.75, 3.05) is 13.0 Å². The predicted octanol–water partition coefficient (Wildman–Crippen LogP) is 5.10. The molecule has 3 nitrogen and oxygen atoms in total. The molecule has 0 unspecified atom stereocenters. The number of phenolic OH excluding ortho intramolecular Hbond substituents is 1. The van der Waals surface area contributed by atoms with E-state index in [1.54, 1.807) is 6.92 Å². The summed E-state index contributed by atoms with van der Waals surface area (Å²) in [4.78, 5) is 11.8. The normalized spacial score (nSPS) is 11.6. The van der Waals surface area contributed by atoms with Crippen LogP contribution in [0.4, 0.5) is 13.2 Å². The monoisotopic (exact) mass is 366 g/mol. The fourth-order valence-electron chi connectivity index (χ4n) is 2.65. The SMILES string of the molecule is CCc1cc(CCCCCCCl)c(O)c(C(=O)OC)c1C(F)(F)F. The molecule has 0 fully saturated rings. The zero-order valence-electron chi connectivity index (χ0n) is 13.8. The number of carbonyl (C=O) groups excluding carboxylic acids is 1. The first-order valence-electron chi connectivity index (χ1n) is 7.87. The average Bonchev–Trinajstić information content (AvgIpc) is 2.53. The van der Waals surface area contributed by atoms with Gasteiger partial charge >= 0.3 is 12.1 Å². The highest BCUT2D eigenvalue weighted by atomic mass is 35.5. The second-order valence-corrected chi connectivity index (χ2v) is 5.87. The van der Waals surface area contributed by atoms with Crippen molar-refractivity contribution in [3.05, 3.63) is 28.3 Å². The van der Waals surface area contributed by atoms with E-state index in [9.17, 15) is 23.1 Å². The maximum Gasteiger partial charge on any atom is 0.417 e. The lowest BCUT2D eigenvalue weighted by molar-refractivity contribution is -0.138. The van der Waals surface area contributed by atoms with E-state index >= 15 is 0 Å². The van der Waals surface area contributed by atoms with Gasteiger partial charge in [0.15, 0.2) is 0 Å². The summed E-state index contributed by atoms with van der Waals surface area (Å²) in [6.07, 6.45) is -0.932. The number of methoxy groups -OCH3 is 1. The summed E-state index contributed by atoms with van der Waals surface area (Å²) in [5.74, 6) is -1.25. The lowest BCUT2D eigenvalue weighted by atomic mass is 9.92. The third kappa shape index (κ3) is 5.03. The molecule has 1 aromatic carbocycles. The number of unbranched alkanes of at least 4 members (excludes halogenated alkanes) is 3. The zero-order chi connectivity index (χ0) is 18.3. The van der Waals surface area contributed by atoms with Gasteiger partial charge in [-0.3, -0.25) is 0 Å². The fraction of sp³-hybridized carbons (Fsp3) is 0.588. The number of hydrogen-bond donors (Lipinski definition) is 1. The highest BCUT2D eigenvalue weighted by Gasteiger charge is 2.40. The van der Waals surface area contributed by atoms with Gasteiger partial charge in [0.25, 0.3) is 0 Å². The number of ether oxygens (including phenoxy) is 1. The highest BCUT2D eigenvalue weighted by Crippen LogP contribution is 2.41. The van der Waals surface area contributed by atoms with Gasteiger partial charge in [0, 0.05) is 5.88 Å². The molecule has 0 bridgehead atoms. The minimum absolute atomic E-state index is 0.0172. The molecule has 0 spiro atoms. The molecular formula is C17H22ClF3O3. The van der Waals surface area contributed by atoms with Crippen LogP contribution in [0.25, 0.3) is 0 Å². The number of benzene rings is 1. The molecule has 0 saturated heterocycles. The smallest absolute Gasteiger partial charge is 0.417 e. The maximum absolute atomic E-state index is 13.4. The van der Waals surface area contributed by atoms with Crippen LogP contribution in [0.2, 0.25) is 0 Å². The minimum atomic E-state index is -4.74. The van der Waals surface area contributed by atoms with Gasteiger partial charge in [0.2, 0.25) is 0 Å². The molecule has 1 rings (SSSR count). The molecule has 1 N–H and O–H groups in total. The standard InChI is InChI=1S/C17H22ClF3O3/c1-3-11-10-12(8-6-4-5-7-9-18)15(22)13(16(23)24-2)14(11)17(19,20)21/h10,22H,3-9H2,1-2H3. The number of rotatable bonds is 8. The van der Waals surface area contributed by atoms with Gasteiger partial charge in [-0.25, -0.2) is 4.79 Å². The predicted molar refractivity (Wildman–Crippen MR) is 86.7 cm³/mol. The third-order valence-electron chi connectivity index (χ3n) is 3.84. The van der Waals surface area contributed by atoms with Gasteiger partial charge in [-0.05, 0) is 36.8 Å². The molecule has 24 heavy (non-hydrogen) atoms. The van der Waals surface area contributed by atoms with Gasteiger partial charge in [-0.2, -0.15) is 13.2 Å². The van der Waals surface area contributed by atoms with Crippen molar-refractivity contribution in [1.82, 2.24) is 0 Å². The van der Waals surface area contributed by atoms with Gasteiger partial charge < -0.3 is 9.84 Å². The van der Waals surface area contributed by atoms with Crippen LogP contribution in [0.1, 0.15) is 59.7 Å². The largest absolute Gasteiger partial charge is 0.507 e. The Labute approximate surface area is 144 Å². The van der Waals surface area contributed by atoms with E-state index in [-0.39, 0.29) is 12.0 Å². The number of carbonyl (C=O) groups is 1. The summed E-state index contributed by atoms with van der Waals surface area (Å²) in [6, 6.07) is 1.34.